The lowest BCUT2D eigenvalue weighted by molar-refractivity contribution is -0.277. The minimum absolute atomic E-state index is 0.213. The van der Waals surface area contributed by atoms with Gasteiger partial charge in [-0.15, -0.1) is 0 Å². The van der Waals surface area contributed by atoms with Crippen molar-refractivity contribution in [1.29, 1.82) is 0 Å². The first-order valence-electron chi connectivity index (χ1n) is 7.27. The van der Waals surface area contributed by atoms with Crippen molar-refractivity contribution in [2.75, 3.05) is 0 Å². The molecule has 0 radical (unpaired) electrons. The highest BCUT2D eigenvalue weighted by molar-refractivity contribution is 5.67. The Bertz CT molecular complexity index is 993. The van der Waals surface area contributed by atoms with Gasteiger partial charge in [-0.1, -0.05) is 29.8 Å². The summed E-state index contributed by atoms with van der Waals surface area (Å²) in [6.07, 6.45) is 1.68. The summed E-state index contributed by atoms with van der Waals surface area (Å²) in [6.45, 7) is 2.02. The van der Waals surface area contributed by atoms with Gasteiger partial charge < -0.3 is 5.11 Å². The van der Waals surface area contributed by atoms with Crippen LogP contribution in [0.2, 0.25) is 0 Å². The minimum atomic E-state index is -0.213. The van der Waals surface area contributed by atoms with Crippen molar-refractivity contribution in [3.8, 4) is 28.5 Å². The van der Waals surface area contributed by atoms with E-state index >= 15 is 0 Å². The molecule has 0 unspecified atom stereocenters. The number of benzene rings is 1. The zero-order chi connectivity index (χ0) is 15.8. The molecule has 0 saturated heterocycles. The first-order valence-corrected chi connectivity index (χ1v) is 7.27. The molecule has 0 N–H and O–H groups in total. The van der Waals surface area contributed by atoms with Gasteiger partial charge in [0.25, 0.3) is 0 Å². The van der Waals surface area contributed by atoms with E-state index in [1.54, 1.807) is 6.20 Å². The molecule has 4 aromatic rings. The van der Waals surface area contributed by atoms with Gasteiger partial charge in [0.2, 0.25) is 0 Å². The quantitative estimate of drug-likeness (QED) is 0.571. The molecule has 0 bridgehead atoms. The zero-order valence-electron chi connectivity index (χ0n) is 12.5. The molecule has 0 atom stereocenters. The van der Waals surface area contributed by atoms with E-state index in [-0.39, 0.29) is 5.88 Å². The van der Waals surface area contributed by atoms with Crippen molar-refractivity contribution in [2.24, 2.45) is 0 Å². The van der Waals surface area contributed by atoms with E-state index in [1.807, 2.05) is 55.5 Å². The maximum absolute atomic E-state index is 12.3. The van der Waals surface area contributed by atoms with Crippen molar-refractivity contribution in [3.05, 3.63) is 66.4 Å². The van der Waals surface area contributed by atoms with Crippen LogP contribution in [0.15, 0.2) is 60.8 Å². The van der Waals surface area contributed by atoms with Crippen molar-refractivity contribution < 1.29 is 5.11 Å². The van der Waals surface area contributed by atoms with Gasteiger partial charge in [0.15, 0.2) is 5.65 Å². The third-order valence-electron chi connectivity index (χ3n) is 3.64. The van der Waals surface area contributed by atoms with Gasteiger partial charge in [-0.2, -0.15) is 5.10 Å². The highest BCUT2D eigenvalue weighted by Crippen LogP contribution is 2.24. The Balaban J connectivity index is 1.87. The smallest absolute Gasteiger partial charge is 0.155 e. The van der Waals surface area contributed by atoms with Crippen LogP contribution < -0.4 is 5.11 Å². The Morgan fingerprint density at radius 1 is 0.913 bits per heavy atom. The lowest BCUT2D eigenvalue weighted by atomic mass is 10.1. The lowest BCUT2D eigenvalue weighted by Crippen LogP contribution is -2.03. The third kappa shape index (κ3) is 2.42. The van der Waals surface area contributed by atoms with Crippen molar-refractivity contribution in [3.63, 3.8) is 0 Å². The average molecular weight is 301 g/mol. The summed E-state index contributed by atoms with van der Waals surface area (Å²) in [5, 5.41) is 16.7. The SMILES string of the molecule is Cc1cccc(-c2cc3nc(-c4ccccn4)cc([O-])n3n2)c1. The molecular weight excluding hydrogens is 288 g/mol. The van der Waals surface area contributed by atoms with Crippen molar-refractivity contribution >= 4 is 5.65 Å². The summed E-state index contributed by atoms with van der Waals surface area (Å²) in [5.41, 5.74) is 4.59. The highest BCUT2D eigenvalue weighted by Gasteiger charge is 2.09. The molecule has 5 heteroatoms. The molecule has 0 aliphatic carbocycles. The van der Waals surface area contributed by atoms with Crippen LogP contribution in [0.25, 0.3) is 28.3 Å². The fourth-order valence-electron chi connectivity index (χ4n) is 2.54. The summed E-state index contributed by atoms with van der Waals surface area (Å²) >= 11 is 0. The molecule has 0 spiro atoms. The molecule has 3 aromatic heterocycles. The number of rotatable bonds is 2. The molecule has 1 aromatic carbocycles. The summed E-state index contributed by atoms with van der Waals surface area (Å²) in [7, 11) is 0. The predicted molar refractivity (Wildman–Crippen MR) is 85.8 cm³/mol. The molecule has 23 heavy (non-hydrogen) atoms. The molecular formula is C18H13N4O-. The van der Waals surface area contributed by atoms with Gasteiger partial charge in [-0.3, -0.25) is 4.98 Å². The molecule has 0 saturated carbocycles. The van der Waals surface area contributed by atoms with E-state index < -0.39 is 0 Å². The summed E-state index contributed by atoms with van der Waals surface area (Å²) in [5.74, 6) is -0.213. The second-order valence-corrected chi connectivity index (χ2v) is 5.36. The number of aryl methyl sites for hydroxylation is 1. The van der Waals surface area contributed by atoms with Crippen LogP contribution in [0.3, 0.4) is 0 Å². The van der Waals surface area contributed by atoms with Gasteiger partial charge in [0.05, 0.1) is 17.1 Å². The number of hydrogen-bond donors (Lipinski definition) is 0. The van der Waals surface area contributed by atoms with Crippen LogP contribution in [0.5, 0.6) is 5.88 Å². The maximum Gasteiger partial charge on any atom is 0.155 e. The Kier molecular flexibility index (Phi) is 3.05. The topological polar surface area (TPSA) is 66.1 Å². The Morgan fingerprint density at radius 2 is 1.83 bits per heavy atom. The van der Waals surface area contributed by atoms with Crippen molar-refractivity contribution in [2.45, 2.75) is 6.92 Å². The molecule has 0 amide bonds. The fraction of sp³-hybridized carbons (Fsp3) is 0.0556. The first kappa shape index (κ1) is 13.5. The number of aromatic nitrogens is 4. The van der Waals surface area contributed by atoms with E-state index in [2.05, 4.69) is 15.1 Å². The molecule has 3 heterocycles. The predicted octanol–water partition coefficient (Wildman–Crippen LogP) is 2.84. The maximum atomic E-state index is 12.3. The second kappa shape index (κ2) is 5.21. The van der Waals surface area contributed by atoms with E-state index in [9.17, 15) is 5.11 Å². The molecule has 112 valence electrons. The first-order chi connectivity index (χ1) is 11.2. The largest absolute Gasteiger partial charge is 0.858 e. The van der Waals surface area contributed by atoms with Gasteiger partial charge in [0.1, 0.15) is 0 Å². The van der Waals surface area contributed by atoms with Crippen LogP contribution in [0.4, 0.5) is 0 Å². The Labute approximate surface area is 132 Å². The summed E-state index contributed by atoms with van der Waals surface area (Å²) < 4.78 is 1.32. The van der Waals surface area contributed by atoms with Gasteiger partial charge >= 0.3 is 0 Å². The van der Waals surface area contributed by atoms with Gasteiger partial charge in [-0.25, -0.2) is 9.50 Å². The number of hydrogen-bond acceptors (Lipinski definition) is 4. The number of pyridine rings is 1. The molecule has 0 fully saturated rings. The second-order valence-electron chi connectivity index (χ2n) is 5.36. The molecule has 0 aliphatic heterocycles. The normalized spacial score (nSPS) is 11.0. The van der Waals surface area contributed by atoms with E-state index in [0.29, 0.717) is 17.0 Å². The molecule has 5 nitrogen and oxygen atoms in total. The monoisotopic (exact) mass is 301 g/mol. The molecule has 0 aliphatic rings. The summed E-state index contributed by atoms with van der Waals surface area (Å²) in [6, 6.07) is 16.8. The lowest BCUT2D eigenvalue weighted by Gasteiger charge is -2.10. The standard InChI is InChI=1S/C18H14N4O/c1-12-5-4-6-13(9-12)15-10-17-20-16(11-18(23)22(17)21-15)14-7-2-3-8-19-14/h2-11,23H,1H3/p-1. The van der Waals surface area contributed by atoms with Crippen LogP contribution in [0.1, 0.15) is 5.56 Å². The minimum Gasteiger partial charge on any atom is -0.858 e. The average Bonchev–Trinajstić information content (AvgIpc) is 3.00. The van der Waals surface area contributed by atoms with E-state index in [4.69, 9.17) is 0 Å². The van der Waals surface area contributed by atoms with Crippen LogP contribution >= 0.6 is 0 Å². The van der Waals surface area contributed by atoms with E-state index in [1.165, 1.54) is 10.6 Å². The van der Waals surface area contributed by atoms with Crippen LogP contribution in [-0.4, -0.2) is 19.6 Å². The van der Waals surface area contributed by atoms with Crippen molar-refractivity contribution in [1.82, 2.24) is 19.6 Å². The Hall–Kier alpha value is -3.21. The third-order valence-corrected chi connectivity index (χ3v) is 3.64. The van der Waals surface area contributed by atoms with Crippen LogP contribution in [0, 0.1) is 6.92 Å². The van der Waals surface area contributed by atoms with Gasteiger partial charge in [-0.05, 0) is 37.1 Å². The number of fused-ring (bicyclic) bond motifs is 1. The molecule has 4 rings (SSSR count). The Morgan fingerprint density at radius 3 is 2.61 bits per heavy atom. The fourth-order valence-corrected chi connectivity index (χ4v) is 2.54. The zero-order valence-corrected chi connectivity index (χ0v) is 12.5. The highest BCUT2D eigenvalue weighted by atomic mass is 16.3. The van der Waals surface area contributed by atoms with Gasteiger partial charge in [0, 0.05) is 17.8 Å². The summed E-state index contributed by atoms with van der Waals surface area (Å²) in [4.78, 5) is 8.76. The van der Waals surface area contributed by atoms with E-state index in [0.717, 1.165) is 16.8 Å². The van der Waals surface area contributed by atoms with Crippen LogP contribution in [-0.2, 0) is 0 Å². The number of nitrogens with zero attached hydrogens (tertiary/aromatic N) is 4.